The molecule has 0 fully saturated rings. The van der Waals surface area contributed by atoms with Crippen LogP contribution in [0, 0.1) is 0 Å². The van der Waals surface area contributed by atoms with Gasteiger partial charge >= 0.3 is 0 Å². The molecule has 0 saturated carbocycles. The van der Waals surface area contributed by atoms with Crippen molar-refractivity contribution >= 4 is 10.8 Å². The summed E-state index contributed by atoms with van der Waals surface area (Å²) in [6.07, 6.45) is 1.91. The van der Waals surface area contributed by atoms with Gasteiger partial charge in [0.15, 0.2) is 0 Å². The molecule has 26 heavy (non-hydrogen) atoms. The quantitative estimate of drug-likeness (QED) is 0.529. The van der Waals surface area contributed by atoms with Crippen molar-refractivity contribution < 1.29 is 9.47 Å². The molecule has 1 heterocycles. The average molecular weight is 345 g/mol. The molecular weight excluding hydrogens is 326 g/mol. The average Bonchev–Trinajstić information content (AvgIpc) is 3.14. The van der Waals surface area contributed by atoms with Gasteiger partial charge in [0.2, 0.25) is 0 Å². The minimum atomic E-state index is 0.386. The van der Waals surface area contributed by atoms with Crippen molar-refractivity contribution in [1.29, 1.82) is 0 Å². The number of hydrogen-bond donors (Lipinski definition) is 0. The van der Waals surface area contributed by atoms with Gasteiger partial charge in [-0.2, -0.15) is 0 Å². The Kier molecular flexibility index (Phi) is 4.51. The molecule has 0 spiro atoms. The molecule has 0 atom stereocenters. The molecule has 5 nitrogen and oxygen atoms in total. The predicted molar refractivity (Wildman–Crippen MR) is 100 cm³/mol. The lowest BCUT2D eigenvalue weighted by Gasteiger charge is -2.07. The van der Waals surface area contributed by atoms with E-state index in [0.29, 0.717) is 13.2 Å². The molecule has 0 radical (unpaired) electrons. The van der Waals surface area contributed by atoms with Crippen LogP contribution in [0.1, 0.15) is 11.3 Å². The summed E-state index contributed by atoms with van der Waals surface area (Å²) >= 11 is 0. The van der Waals surface area contributed by atoms with Crippen LogP contribution in [-0.4, -0.2) is 22.1 Å². The van der Waals surface area contributed by atoms with Gasteiger partial charge in [-0.3, -0.25) is 0 Å². The third kappa shape index (κ3) is 3.52. The van der Waals surface area contributed by atoms with E-state index in [1.165, 1.54) is 0 Å². The number of rotatable bonds is 6. The van der Waals surface area contributed by atoms with E-state index in [0.717, 1.165) is 33.5 Å². The predicted octanol–water partition coefficient (Wildman–Crippen LogP) is 4.07. The monoisotopic (exact) mass is 345 g/mol. The number of nitrogens with zero attached hydrogens (tertiary/aromatic N) is 3. The molecular formula is C21H19N3O2. The Morgan fingerprint density at radius 2 is 1.73 bits per heavy atom. The van der Waals surface area contributed by atoms with E-state index in [-0.39, 0.29) is 0 Å². The van der Waals surface area contributed by atoms with E-state index in [4.69, 9.17) is 9.47 Å². The maximum Gasteiger partial charge on any atom is 0.134 e. The normalized spacial score (nSPS) is 10.8. The van der Waals surface area contributed by atoms with Crippen LogP contribution in [0.3, 0.4) is 0 Å². The van der Waals surface area contributed by atoms with Gasteiger partial charge in [0.05, 0.1) is 19.9 Å². The van der Waals surface area contributed by atoms with E-state index in [9.17, 15) is 0 Å². The molecule has 4 aromatic rings. The van der Waals surface area contributed by atoms with Gasteiger partial charge in [0.25, 0.3) is 0 Å². The van der Waals surface area contributed by atoms with Crippen molar-refractivity contribution in [1.82, 2.24) is 15.0 Å². The maximum atomic E-state index is 5.97. The fourth-order valence-corrected chi connectivity index (χ4v) is 2.87. The Morgan fingerprint density at radius 1 is 0.923 bits per heavy atom. The second kappa shape index (κ2) is 7.27. The zero-order valence-corrected chi connectivity index (χ0v) is 14.5. The first-order valence-electron chi connectivity index (χ1n) is 8.44. The summed E-state index contributed by atoms with van der Waals surface area (Å²) in [7, 11) is 1.66. The van der Waals surface area contributed by atoms with Crippen molar-refractivity contribution in [3.63, 3.8) is 0 Å². The molecule has 0 amide bonds. The van der Waals surface area contributed by atoms with Crippen molar-refractivity contribution in [2.24, 2.45) is 0 Å². The second-order valence-electron chi connectivity index (χ2n) is 6.02. The fraction of sp³-hybridized carbons (Fsp3) is 0.143. The number of ether oxygens (including phenoxy) is 2. The van der Waals surface area contributed by atoms with Crippen molar-refractivity contribution in [3.05, 3.63) is 84.2 Å². The van der Waals surface area contributed by atoms with Crippen molar-refractivity contribution in [2.75, 3.05) is 7.11 Å². The zero-order valence-electron chi connectivity index (χ0n) is 14.5. The Bertz CT molecular complexity index is 1000. The largest absolute Gasteiger partial charge is 0.497 e. The van der Waals surface area contributed by atoms with Crippen LogP contribution in [-0.2, 0) is 13.2 Å². The van der Waals surface area contributed by atoms with Crippen LogP contribution in [0.4, 0.5) is 0 Å². The van der Waals surface area contributed by atoms with Crippen LogP contribution >= 0.6 is 0 Å². The molecule has 0 aliphatic heterocycles. The number of methoxy groups -OCH3 is 1. The molecule has 4 rings (SSSR count). The van der Waals surface area contributed by atoms with Crippen LogP contribution in [0.25, 0.3) is 10.8 Å². The molecule has 0 N–H and O–H groups in total. The first kappa shape index (κ1) is 16.1. The molecule has 3 aromatic carbocycles. The van der Waals surface area contributed by atoms with E-state index in [1.54, 1.807) is 7.11 Å². The minimum Gasteiger partial charge on any atom is -0.497 e. The third-order valence-corrected chi connectivity index (χ3v) is 4.21. The number of hydrogen-bond acceptors (Lipinski definition) is 4. The van der Waals surface area contributed by atoms with Gasteiger partial charge in [-0.05, 0) is 29.1 Å². The summed E-state index contributed by atoms with van der Waals surface area (Å²) in [4.78, 5) is 0. The smallest absolute Gasteiger partial charge is 0.134 e. The molecule has 130 valence electrons. The summed E-state index contributed by atoms with van der Waals surface area (Å²) in [6.45, 7) is 1.04. The van der Waals surface area contributed by atoms with Gasteiger partial charge in [0.1, 0.15) is 23.8 Å². The molecule has 1 aromatic heterocycles. The highest BCUT2D eigenvalue weighted by molar-refractivity contribution is 5.88. The Hall–Kier alpha value is -3.34. The zero-order chi connectivity index (χ0) is 17.8. The Morgan fingerprint density at radius 3 is 2.58 bits per heavy atom. The topological polar surface area (TPSA) is 49.2 Å². The van der Waals surface area contributed by atoms with E-state index in [2.05, 4.69) is 28.5 Å². The lowest BCUT2D eigenvalue weighted by molar-refractivity contribution is 0.305. The SMILES string of the molecule is COc1ccc(Cn2cc(COc3cccc4ccccc34)nn2)cc1. The van der Waals surface area contributed by atoms with E-state index >= 15 is 0 Å². The van der Waals surface area contributed by atoms with Crippen LogP contribution in [0.15, 0.2) is 72.9 Å². The van der Waals surface area contributed by atoms with Gasteiger partial charge in [-0.25, -0.2) is 4.68 Å². The number of fused-ring (bicyclic) bond motifs is 1. The van der Waals surface area contributed by atoms with E-state index < -0.39 is 0 Å². The highest BCUT2D eigenvalue weighted by Crippen LogP contribution is 2.25. The molecule has 0 aliphatic rings. The second-order valence-corrected chi connectivity index (χ2v) is 6.02. The lowest BCUT2D eigenvalue weighted by atomic mass is 10.1. The number of aromatic nitrogens is 3. The molecule has 0 aliphatic carbocycles. The van der Waals surface area contributed by atoms with E-state index in [1.807, 2.05) is 59.4 Å². The van der Waals surface area contributed by atoms with Gasteiger partial charge in [-0.1, -0.05) is 53.7 Å². The summed E-state index contributed by atoms with van der Waals surface area (Å²) < 4.78 is 13.0. The van der Waals surface area contributed by atoms with Crippen LogP contribution < -0.4 is 9.47 Å². The standard InChI is InChI=1S/C21H19N3O2/c1-25-19-11-9-16(10-12-19)13-24-14-18(22-23-24)15-26-21-8-4-6-17-5-2-3-7-20(17)21/h2-12,14H,13,15H2,1H3. The Labute approximate surface area is 151 Å². The molecule has 0 saturated heterocycles. The lowest BCUT2D eigenvalue weighted by Crippen LogP contribution is -2.00. The molecule has 0 bridgehead atoms. The van der Waals surface area contributed by atoms with Gasteiger partial charge in [-0.15, -0.1) is 5.10 Å². The van der Waals surface area contributed by atoms with Crippen LogP contribution in [0.5, 0.6) is 11.5 Å². The summed E-state index contributed by atoms with van der Waals surface area (Å²) in [5, 5.41) is 10.6. The van der Waals surface area contributed by atoms with Gasteiger partial charge in [0, 0.05) is 5.39 Å². The van der Waals surface area contributed by atoms with Crippen LogP contribution in [0.2, 0.25) is 0 Å². The highest BCUT2D eigenvalue weighted by Gasteiger charge is 2.05. The highest BCUT2D eigenvalue weighted by atomic mass is 16.5. The van der Waals surface area contributed by atoms with Crippen molar-refractivity contribution in [2.45, 2.75) is 13.2 Å². The first-order chi connectivity index (χ1) is 12.8. The first-order valence-corrected chi connectivity index (χ1v) is 8.44. The van der Waals surface area contributed by atoms with Gasteiger partial charge < -0.3 is 9.47 Å². The fourth-order valence-electron chi connectivity index (χ4n) is 2.87. The maximum absolute atomic E-state index is 5.97. The van der Waals surface area contributed by atoms with Crippen molar-refractivity contribution in [3.8, 4) is 11.5 Å². The Balaban J connectivity index is 1.43. The number of benzene rings is 3. The third-order valence-electron chi connectivity index (χ3n) is 4.21. The molecule has 5 heteroatoms. The summed E-state index contributed by atoms with van der Waals surface area (Å²) in [5.41, 5.74) is 1.93. The summed E-state index contributed by atoms with van der Waals surface area (Å²) in [6, 6.07) is 22.2. The minimum absolute atomic E-state index is 0.386. The molecule has 0 unspecified atom stereocenters. The summed E-state index contributed by atoms with van der Waals surface area (Å²) in [5.74, 6) is 1.70.